The van der Waals surface area contributed by atoms with Crippen LogP contribution in [0.1, 0.15) is 21.5 Å². The number of carbonyl (C=O) groups is 1. The highest BCUT2D eigenvalue weighted by Crippen LogP contribution is 2.39. The molecule has 0 aromatic carbocycles. The molecule has 1 aromatic heterocycles. The van der Waals surface area contributed by atoms with Crippen molar-refractivity contribution in [3.63, 3.8) is 0 Å². The average molecular weight is 370 g/mol. The first-order valence-electron chi connectivity index (χ1n) is 5.90. The fraction of sp³-hybridized carbons (Fsp3) is 0.583. The number of rotatable bonds is 2. The summed E-state index contributed by atoms with van der Waals surface area (Å²) in [7, 11) is 1.60. The maximum absolute atomic E-state index is 12.5. The summed E-state index contributed by atoms with van der Waals surface area (Å²) in [6, 6.07) is 0.346. The SMILES string of the molecule is COc1c(C(=O)N2CCNC(C)C2)sc(C)c1Br.Cl. The molecule has 1 aliphatic heterocycles. The van der Waals surface area contributed by atoms with Gasteiger partial charge in [0.25, 0.3) is 5.91 Å². The molecule has 1 N–H and O–H groups in total. The molecule has 0 aliphatic carbocycles. The molecule has 2 heterocycles. The monoisotopic (exact) mass is 368 g/mol. The van der Waals surface area contributed by atoms with Crippen LogP contribution in [-0.2, 0) is 0 Å². The van der Waals surface area contributed by atoms with E-state index in [0.717, 1.165) is 29.0 Å². The number of nitrogens with zero attached hydrogens (tertiary/aromatic N) is 1. The number of hydrogen-bond donors (Lipinski definition) is 1. The maximum atomic E-state index is 12.5. The summed E-state index contributed by atoms with van der Waals surface area (Å²) in [6.07, 6.45) is 0. The molecule has 108 valence electrons. The highest BCUT2D eigenvalue weighted by Gasteiger charge is 2.27. The first-order valence-corrected chi connectivity index (χ1v) is 7.51. The third kappa shape index (κ3) is 3.42. The van der Waals surface area contributed by atoms with Crippen molar-refractivity contribution in [2.24, 2.45) is 0 Å². The van der Waals surface area contributed by atoms with Gasteiger partial charge in [-0.1, -0.05) is 0 Å². The van der Waals surface area contributed by atoms with Crippen LogP contribution in [0.3, 0.4) is 0 Å². The van der Waals surface area contributed by atoms with Gasteiger partial charge < -0.3 is 15.0 Å². The van der Waals surface area contributed by atoms with Gasteiger partial charge in [-0.05, 0) is 29.8 Å². The second-order valence-electron chi connectivity index (χ2n) is 4.44. The Hall–Kier alpha value is -0.300. The minimum Gasteiger partial charge on any atom is -0.494 e. The molecule has 2 rings (SSSR count). The molecule has 4 nitrogen and oxygen atoms in total. The Kier molecular flexibility index (Phi) is 6.11. The summed E-state index contributed by atoms with van der Waals surface area (Å²) in [5, 5.41) is 3.33. The van der Waals surface area contributed by atoms with Crippen LogP contribution < -0.4 is 10.1 Å². The fourth-order valence-corrected chi connectivity index (χ4v) is 3.80. The van der Waals surface area contributed by atoms with Crippen LogP contribution in [0.25, 0.3) is 0 Å². The Labute approximate surface area is 132 Å². The van der Waals surface area contributed by atoms with Crippen molar-refractivity contribution in [1.29, 1.82) is 0 Å². The lowest BCUT2D eigenvalue weighted by Crippen LogP contribution is -2.51. The highest BCUT2D eigenvalue weighted by molar-refractivity contribution is 9.10. The molecule has 1 atom stereocenters. The number of halogens is 2. The summed E-state index contributed by atoms with van der Waals surface area (Å²) in [5.74, 6) is 0.729. The zero-order chi connectivity index (χ0) is 13.3. The number of carbonyl (C=O) groups excluding carboxylic acids is 1. The Bertz CT molecular complexity index is 467. The van der Waals surface area contributed by atoms with E-state index in [0.29, 0.717) is 16.7 Å². The minimum atomic E-state index is 0. The third-order valence-corrected chi connectivity index (χ3v) is 5.32. The van der Waals surface area contributed by atoms with Gasteiger partial charge in [-0.2, -0.15) is 0 Å². The molecule has 7 heteroatoms. The van der Waals surface area contributed by atoms with E-state index in [1.165, 1.54) is 11.3 Å². The van der Waals surface area contributed by atoms with Gasteiger partial charge in [-0.15, -0.1) is 23.7 Å². The highest BCUT2D eigenvalue weighted by atomic mass is 79.9. The number of hydrogen-bond acceptors (Lipinski definition) is 4. The molecule has 1 aliphatic rings. The molecule has 0 radical (unpaired) electrons. The van der Waals surface area contributed by atoms with E-state index in [1.807, 2.05) is 11.8 Å². The largest absolute Gasteiger partial charge is 0.494 e. The second-order valence-corrected chi connectivity index (χ2v) is 6.46. The predicted octanol–water partition coefficient (Wildman–Crippen LogP) is 2.68. The number of methoxy groups -OCH3 is 1. The molecular formula is C12H18BrClN2O2S. The summed E-state index contributed by atoms with van der Waals surface area (Å²) in [5.41, 5.74) is 0. The fourth-order valence-electron chi connectivity index (χ4n) is 2.09. The van der Waals surface area contributed by atoms with Crippen molar-refractivity contribution in [1.82, 2.24) is 10.2 Å². The number of ether oxygens (including phenoxy) is 1. The Balaban J connectivity index is 0.00000180. The minimum absolute atomic E-state index is 0. The molecular weight excluding hydrogens is 352 g/mol. The van der Waals surface area contributed by atoms with Crippen LogP contribution in [0.15, 0.2) is 4.47 Å². The zero-order valence-corrected chi connectivity index (χ0v) is 14.4. The Morgan fingerprint density at radius 1 is 1.58 bits per heavy atom. The first kappa shape index (κ1) is 16.8. The molecule has 1 fully saturated rings. The third-order valence-electron chi connectivity index (χ3n) is 3.02. The van der Waals surface area contributed by atoms with Crippen molar-refractivity contribution in [3.05, 3.63) is 14.2 Å². The lowest BCUT2D eigenvalue weighted by atomic mass is 10.2. The molecule has 0 spiro atoms. The van der Waals surface area contributed by atoms with Crippen LogP contribution >= 0.6 is 39.7 Å². The van der Waals surface area contributed by atoms with E-state index in [9.17, 15) is 4.79 Å². The Morgan fingerprint density at radius 2 is 2.26 bits per heavy atom. The van der Waals surface area contributed by atoms with E-state index in [2.05, 4.69) is 28.2 Å². The van der Waals surface area contributed by atoms with Crippen LogP contribution in [0, 0.1) is 6.92 Å². The molecule has 0 bridgehead atoms. The number of nitrogens with one attached hydrogen (secondary N) is 1. The van der Waals surface area contributed by atoms with Crippen molar-refractivity contribution in [3.8, 4) is 5.75 Å². The summed E-state index contributed by atoms with van der Waals surface area (Å²) in [4.78, 5) is 16.1. The zero-order valence-electron chi connectivity index (χ0n) is 11.2. The van der Waals surface area contributed by atoms with E-state index < -0.39 is 0 Å². The van der Waals surface area contributed by atoms with Crippen LogP contribution in [0.4, 0.5) is 0 Å². The molecule has 1 aromatic rings. The standard InChI is InChI=1S/C12H17BrN2O2S.ClH/c1-7-6-15(5-4-14-7)12(16)11-10(17-3)9(13)8(2)18-11;/h7,14H,4-6H2,1-3H3;1H. The average Bonchev–Trinajstić information content (AvgIpc) is 2.64. The summed E-state index contributed by atoms with van der Waals surface area (Å²) < 4.78 is 6.23. The molecule has 0 saturated carbocycles. The van der Waals surface area contributed by atoms with Crippen molar-refractivity contribution < 1.29 is 9.53 Å². The first-order chi connectivity index (χ1) is 8.54. The number of thiophene rings is 1. The summed E-state index contributed by atoms with van der Waals surface area (Å²) in [6.45, 7) is 6.42. The quantitative estimate of drug-likeness (QED) is 0.871. The number of piperazine rings is 1. The topological polar surface area (TPSA) is 41.6 Å². The van der Waals surface area contributed by atoms with E-state index >= 15 is 0 Å². The van der Waals surface area contributed by atoms with E-state index in [4.69, 9.17) is 4.74 Å². The van der Waals surface area contributed by atoms with Gasteiger partial charge in [0.2, 0.25) is 0 Å². The Morgan fingerprint density at radius 3 is 2.84 bits per heavy atom. The molecule has 19 heavy (non-hydrogen) atoms. The van der Waals surface area contributed by atoms with Crippen molar-refractivity contribution >= 4 is 45.6 Å². The second kappa shape index (κ2) is 6.92. The van der Waals surface area contributed by atoms with Crippen molar-refractivity contribution in [2.75, 3.05) is 26.7 Å². The van der Waals surface area contributed by atoms with Gasteiger partial charge >= 0.3 is 0 Å². The molecule has 1 unspecified atom stereocenters. The van der Waals surface area contributed by atoms with Gasteiger partial charge in [-0.3, -0.25) is 4.79 Å². The van der Waals surface area contributed by atoms with Gasteiger partial charge in [0.05, 0.1) is 11.6 Å². The van der Waals surface area contributed by atoms with Gasteiger partial charge in [0, 0.05) is 30.6 Å². The molecule has 1 saturated heterocycles. The van der Waals surface area contributed by atoms with Crippen molar-refractivity contribution in [2.45, 2.75) is 19.9 Å². The predicted molar refractivity (Wildman–Crippen MR) is 83.9 cm³/mol. The van der Waals surface area contributed by atoms with Gasteiger partial charge in [-0.25, -0.2) is 0 Å². The van der Waals surface area contributed by atoms with Gasteiger partial charge in [0.15, 0.2) is 5.75 Å². The van der Waals surface area contributed by atoms with E-state index in [1.54, 1.807) is 7.11 Å². The maximum Gasteiger partial charge on any atom is 0.267 e. The number of aryl methyl sites for hydroxylation is 1. The summed E-state index contributed by atoms with van der Waals surface area (Å²) >= 11 is 4.95. The number of amides is 1. The van der Waals surface area contributed by atoms with Gasteiger partial charge in [0.1, 0.15) is 4.88 Å². The van der Waals surface area contributed by atoms with E-state index in [-0.39, 0.29) is 18.3 Å². The van der Waals surface area contributed by atoms with Crippen LogP contribution in [0.2, 0.25) is 0 Å². The van der Waals surface area contributed by atoms with Crippen LogP contribution in [0.5, 0.6) is 5.75 Å². The van der Waals surface area contributed by atoms with Crippen LogP contribution in [-0.4, -0.2) is 43.6 Å². The lowest BCUT2D eigenvalue weighted by Gasteiger charge is -2.31. The lowest BCUT2D eigenvalue weighted by molar-refractivity contribution is 0.0711. The normalized spacial score (nSPS) is 18.9. The smallest absolute Gasteiger partial charge is 0.267 e. The molecule has 1 amide bonds.